The lowest BCUT2D eigenvalue weighted by Gasteiger charge is -2.37. The van der Waals surface area contributed by atoms with Gasteiger partial charge < -0.3 is 10.2 Å². The van der Waals surface area contributed by atoms with Crippen molar-refractivity contribution in [2.75, 3.05) is 20.6 Å². The Kier molecular flexibility index (Phi) is 4.82. The van der Waals surface area contributed by atoms with Crippen LogP contribution in [-0.4, -0.2) is 37.6 Å². The third-order valence-corrected chi connectivity index (χ3v) is 4.59. The first-order valence-corrected chi connectivity index (χ1v) is 7.51. The molecule has 1 aromatic carbocycles. The molecule has 1 unspecified atom stereocenters. The first kappa shape index (κ1) is 14.0. The molecule has 1 aliphatic rings. The van der Waals surface area contributed by atoms with Crippen LogP contribution in [0.3, 0.4) is 0 Å². The quantitative estimate of drug-likeness (QED) is 0.898. The average Bonchev–Trinajstić information content (AvgIpc) is 2.28. The van der Waals surface area contributed by atoms with Gasteiger partial charge in [0, 0.05) is 23.1 Å². The number of likely N-dealkylation sites (N-methyl/N-ethyl adjacent to an activating group) is 1. The van der Waals surface area contributed by atoms with E-state index >= 15 is 0 Å². The molecule has 0 spiro atoms. The molecule has 1 N–H and O–H groups in total. The molecule has 0 saturated heterocycles. The van der Waals surface area contributed by atoms with Crippen LogP contribution >= 0.6 is 15.9 Å². The van der Waals surface area contributed by atoms with Gasteiger partial charge in [-0.2, -0.15) is 0 Å². The van der Waals surface area contributed by atoms with E-state index in [0.717, 1.165) is 12.5 Å². The molecule has 0 radical (unpaired) electrons. The molecule has 2 nitrogen and oxygen atoms in total. The Bertz CT molecular complexity index is 369. The highest BCUT2D eigenvalue weighted by Gasteiger charge is 2.29. The highest BCUT2D eigenvalue weighted by atomic mass is 79.9. The monoisotopic (exact) mass is 310 g/mol. The molecule has 1 aliphatic carbocycles. The summed E-state index contributed by atoms with van der Waals surface area (Å²) < 4.78 is 1.17. The Morgan fingerprint density at radius 2 is 1.89 bits per heavy atom. The van der Waals surface area contributed by atoms with Crippen LogP contribution < -0.4 is 5.32 Å². The summed E-state index contributed by atoms with van der Waals surface area (Å²) in [6.07, 6.45) is 2.56. The molecule has 1 atom stereocenters. The van der Waals surface area contributed by atoms with Gasteiger partial charge in [0.05, 0.1) is 0 Å². The minimum atomic E-state index is 0.608. The Labute approximate surface area is 119 Å². The number of hydrogen-bond acceptors (Lipinski definition) is 2. The normalized spacial score (nSPS) is 24.9. The number of hydrogen-bond donors (Lipinski definition) is 1. The topological polar surface area (TPSA) is 15.3 Å². The summed E-state index contributed by atoms with van der Waals surface area (Å²) in [7, 11) is 4.27. The third kappa shape index (κ3) is 3.56. The van der Waals surface area contributed by atoms with Crippen LogP contribution in [0.5, 0.6) is 0 Å². The van der Waals surface area contributed by atoms with Crippen molar-refractivity contribution in [3.63, 3.8) is 0 Å². The second-order valence-electron chi connectivity index (χ2n) is 5.64. The molecule has 0 heterocycles. The smallest absolute Gasteiger partial charge is 0.0186 e. The largest absolute Gasteiger partial charge is 0.312 e. The van der Waals surface area contributed by atoms with Crippen molar-refractivity contribution in [1.82, 2.24) is 10.2 Å². The standard InChI is InChI=1S/C15H23BrN2/c1-11(18(2)3)10-17-15-8-13(9-15)12-4-6-14(16)7-5-12/h4-7,11,13,15,17H,8-10H2,1-3H3. The molecular formula is C15H23BrN2. The lowest BCUT2D eigenvalue weighted by Crippen LogP contribution is -2.45. The van der Waals surface area contributed by atoms with E-state index in [4.69, 9.17) is 0 Å². The van der Waals surface area contributed by atoms with Crippen molar-refractivity contribution in [2.24, 2.45) is 0 Å². The molecule has 1 saturated carbocycles. The summed E-state index contributed by atoms with van der Waals surface area (Å²) in [5.74, 6) is 0.755. The van der Waals surface area contributed by atoms with E-state index in [1.54, 1.807) is 0 Å². The van der Waals surface area contributed by atoms with E-state index in [-0.39, 0.29) is 0 Å². The molecule has 18 heavy (non-hydrogen) atoms. The fraction of sp³-hybridized carbons (Fsp3) is 0.600. The zero-order chi connectivity index (χ0) is 13.1. The van der Waals surface area contributed by atoms with Crippen molar-refractivity contribution >= 4 is 15.9 Å². The number of nitrogens with zero attached hydrogens (tertiary/aromatic N) is 1. The predicted octanol–water partition coefficient (Wildman–Crippen LogP) is 3.23. The third-order valence-electron chi connectivity index (χ3n) is 4.06. The first-order chi connectivity index (χ1) is 8.56. The van der Waals surface area contributed by atoms with Gasteiger partial charge in [0.2, 0.25) is 0 Å². The van der Waals surface area contributed by atoms with Gasteiger partial charge >= 0.3 is 0 Å². The highest BCUT2D eigenvalue weighted by Crippen LogP contribution is 2.37. The molecule has 3 heteroatoms. The van der Waals surface area contributed by atoms with Gasteiger partial charge in [-0.1, -0.05) is 28.1 Å². The van der Waals surface area contributed by atoms with Crippen LogP contribution in [0.4, 0.5) is 0 Å². The highest BCUT2D eigenvalue weighted by molar-refractivity contribution is 9.10. The summed E-state index contributed by atoms with van der Waals surface area (Å²) >= 11 is 3.48. The Morgan fingerprint density at radius 1 is 1.28 bits per heavy atom. The van der Waals surface area contributed by atoms with Crippen LogP contribution in [0.2, 0.25) is 0 Å². The molecular weight excluding hydrogens is 288 g/mol. The minimum Gasteiger partial charge on any atom is -0.312 e. The predicted molar refractivity (Wildman–Crippen MR) is 81.1 cm³/mol. The Morgan fingerprint density at radius 3 is 2.44 bits per heavy atom. The second kappa shape index (κ2) is 6.18. The van der Waals surface area contributed by atoms with Crippen molar-refractivity contribution in [3.05, 3.63) is 34.3 Å². The lowest BCUT2D eigenvalue weighted by molar-refractivity contribution is 0.245. The molecule has 0 amide bonds. The zero-order valence-corrected chi connectivity index (χ0v) is 13.1. The van der Waals surface area contributed by atoms with E-state index in [0.29, 0.717) is 12.1 Å². The summed E-state index contributed by atoms with van der Waals surface area (Å²) in [6.45, 7) is 3.35. The van der Waals surface area contributed by atoms with Crippen molar-refractivity contribution in [2.45, 2.75) is 37.8 Å². The van der Waals surface area contributed by atoms with Crippen LogP contribution in [-0.2, 0) is 0 Å². The Balaban J connectivity index is 1.72. The fourth-order valence-electron chi connectivity index (χ4n) is 2.31. The van der Waals surface area contributed by atoms with E-state index in [1.165, 1.54) is 22.9 Å². The fourth-order valence-corrected chi connectivity index (χ4v) is 2.58. The number of benzene rings is 1. The number of halogens is 1. The molecule has 0 aromatic heterocycles. The second-order valence-corrected chi connectivity index (χ2v) is 6.55. The maximum atomic E-state index is 3.66. The minimum absolute atomic E-state index is 0.608. The van der Waals surface area contributed by atoms with Gasteiger partial charge in [-0.3, -0.25) is 0 Å². The zero-order valence-electron chi connectivity index (χ0n) is 11.5. The summed E-state index contributed by atoms with van der Waals surface area (Å²) in [5.41, 5.74) is 1.48. The van der Waals surface area contributed by atoms with Crippen LogP contribution in [0.15, 0.2) is 28.7 Å². The van der Waals surface area contributed by atoms with Gasteiger partial charge in [0.15, 0.2) is 0 Å². The van der Waals surface area contributed by atoms with Crippen molar-refractivity contribution < 1.29 is 0 Å². The van der Waals surface area contributed by atoms with E-state index in [1.807, 2.05) is 0 Å². The van der Waals surface area contributed by atoms with Gasteiger partial charge in [-0.05, 0) is 57.5 Å². The molecule has 1 fully saturated rings. The first-order valence-electron chi connectivity index (χ1n) is 6.71. The van der Waals surface area contributed by atoms with Gasteiger partial charge in [0.25, 0.3) is 0 Å². The number of nitrogens with one attached hydrogen (secondary N) is 1. The maximum absolute atomic E-state index is 3.66. The van der Waals surface area contributed by atoms with Gasteiger partial charge in [-0.15, -0.1) is 0 Å². The Hall–Kier alpha value is -0.380. The van der Waals surface area contributed by atoms with E-state index < -0.39 is 0 Å². The average molecular weight is 311 g/mol. The van der Waals surface area contributed by atoms with Crippen LogP contribution in [0, 0.1) is 0 Å². The molecule has 100 valence electrons. The summed E-state index contributed by atoms with van der Waals surface area (Å²) in [6, 6.07) is 10.1. The number of rotatable bonds is 5. The van der Waals surface area contributed by atoms with Crippen LogP contribution in [0.25, 0.3) is 0 Å². The lowest BCUT2D eigenvalue weighted by atomic mass is 9.76. The summed E-state index contributed by atoms with van der Waals surface area (Å²) in [4.78, 5) is 2.26. The van der Waals surface area contributed by atoms with Crippen molar-refractivity contribution in [1.29, 1.82) is 0 Å². The van der Waals surface area contributed by atoms with E-state index in [9.17, 15) is 0 Å². The maximum Gasteiger partial charge on any atom is 0.0186 e. The molecule has 0 bridgehead atoms. The molecule has 0 aliphatic heterocycles. The molecule has 2 rings (SSSR count). The summed E-state index contributed by atoms with van der Waals surface area (Å²) in [5, 5.41) is 3.66. The van der Waals surface area contributed by atoms with Crippen LogP contribution in [0.1, 0.15) is 31.2 Å². The van der Waals surface area contributed by atoms with Gasteiger partial charge in [0.1, 0.15) is 0 Å². The van der Waals surface area contributed by atoms with Crippen molar-refractivity contribution in [3.8, 4) is 0 Å². The van der Waals surface area contributed by atoms with Gasteiger partial charge in [-0.25, -0.2) is 0 Å². The van der Waals surface area contributed by atoms with E-state index in [2.05, 4.69) is 71.4 Å². The molecule has 1 aromatic rings. The SMILES string of the molecule is CC(CNC1CC(c2ccc(Br)cc2)C1)N(C)C.